The van der Waals surface area contributed by atoms with Crippen LogP contribution in [0.25, 0.3) is 0 Å². The molecule has 0 aliphatic carbocycles. The van der Waals surface area contributed by atoms with Crippen molar-refractivity contribution in [1.82, 2.24) is 5.32 Å². The van der Waals surface area contributed by atoms with Gasteiger partial charge in [0.25, 0.3) is 0 Å². The Balaban J connectivity index is 1.34. The summed E-state index contributed by atoms with van der Waals surface area (Å²) in [6.07, 6.45) is 30.0. The van der Waals surface area contributed by atoms with Crippen molar-refractivity contribution in [3.05, 3.63) is 24.3 Å². The SMILES string of the molecule is CCCCCCC/C=C\C/C=C\CCCCCCCCCCCCCCCCCCCCCC(=O)NC(COC1OC(CO)C(OC2OC(CO)C(OC3OC(CO)C(O)C(O)C3O)C(O)C2O)C(O)C1O)C(O)CCCCCCCCCCCCC. The number of hydrogen-bond donors (Lipinski definition) is 12. The number of nitrogens with one attached hydrogen (secondary N) is 1. The van der Waals surface area contributed by atoms with Crippen molar-refractivity contribution < 1.29 is 89.4 Å². The van der Waals surface area contributed by atoms with E-state index in [1.807, 2.05) is 0 Å². The first-order chi connectivity index (χ1) is 42.3. The van der Waals surface area contributed by atoms with Crippen LogP contribution in [-0.2, 0) is 33.2 Å². The van der Waals surface area contributed by atoms with Crippen LogP contribution < -0.4 is 5.32 Å². The van der Waals surface area contributed by atoms with Crippen molar-refractivity contribution >= 4 is 5.91 Å². The van der Waals surface area contributed by atoms with Crippen molar-refractivity contribution in [3.8, 4) is 0 Å². The summed E-state index contributed by atoms with van der Waals surface area (Å²) in [6, 6.07) is -0.883. The van der Waals surface area contributed by atoms with Crippen LogP contribution in [0.1, 0.15) is 271 Å². The number of aliphatic hydroxyl groups is 11. The van der Waals surface area contributed by atoms with E-state index in [1.54, 1.807) is 0 Å². The third-order valence-corrected chi connectivity index (χ3v) is 17.8. The maximum Gasteiger partial charge on any atom is 0.220 e. The first-order valence-corrected chi connectivity index (χ1v) is 35.1. The Hall–Kier alpha value is -1.73. The van der Waals surface area contributed by atoms with Crippen LogP contribution in [0.15, 0.2) is 24.3 Å². The van der Waals surface area contributed by atoms with Gasteiger partial charge in [-0.05, 0) is 44.9 Å². The zero-order chi connectivity index (χ0) is 63.3. The largest absolute Gasteiger partial charge is 0.394 e. The average Bonchev–Trinajstić information content (AvgIpc) is 3.71. The summed E-state index contributed by atoms with van der Waals surface area (Å²) in [4.78, 5) is 13.4. The molecule has 0 radical (unpaired) electrons. The lowest BCUT2D eigenvalue weighted by Crippen LogP contribution is -2.66. The molecule has 3 saturated heterocycles. The van der Waals surface area contributed by atoms with Gasteiger partial charge in [0.2, 0.25) is 5.91 Å². The second kappa shape index (κ2) is 50.8. The monoisotopic (exact) mass is 1250 g/mol. The van der Waals surface area contributed by atoms with E-state index in [0.29, 0.717) is 12.8 Å². The quantitative estimate of drug-likeness (QED) is 0.0200. The first kappa shape index (κ1) is 79.5. The molecule has 3 fully saturated rings. The standard InChI is InChI=1S/C68H127NO18/c1-3-5-7-9-11-13-15-16-17-18-19-20-21-22-23-24-25-26-27-28-29-30-31-32-33-34-36-38-40-42-44-46-56(74)69-51(52(73)45-43-41-39-37-35-14-12-10-8-6-4-2)50-82-66-62(80)59(77)64(54(48-71)84-66)87-68-63(81)60(78)65(55(49-72)85-68)86-67-61(79)58(76)57(75)53(47-70)83-67/h15-16,18-19,51-55,57-68,70-73,75-81H,3-14,17,20-50H2,1-2H3,(H,69,74)/b16-15-,19-18-. The number of rotatable bonds is 54. The summed E-state index contributed by atoms with van der Waals surface area (Å²) in [5.41, 5.74) is 0. The van der Waals surface area contributed by atoms with Crippen molar-refractivity contribution in [1.29, 1.82) is 0 Å². The molecule has 19 nitrogen and oxygen atoms in total. The molecule has 0 aromatic carbocycles. The molecular formula is C68H127NO18. The van der Waals surface area contributed by atoms with Gasteiger partial charge in [0.15, 0.2) is 18.9 Å². The predicted molar refractivity (Wildman–Crippen MR) is 337 cm³/mol. The van der Waals surface area contributed by atoms with Gasteiger partial charge in [0, 0.05) is 6.42 Å². The van der Waals surface area contributed by atoms with Gasteiger partial charge in [-0.25, -0.2) is 0 Å². The highest BCUT2D eigenvalue weighted by molar-refractivity contribution is 5.76. The Morgan fingerprint density at radius 3 is 1.17 bits per heavy atom. The van der Waals surface area contributed by atoms with Gasteiger partial charge in [-0.1, -0.05) is 244 Å². The minimum absolute atomic E-state index is 0.240. The normalized spacial score (nSPS) is 28.7. The van der Waals surface area contributed by atoms with E-state index in [0.717, 1.165) is 51.4 Å². The molecule has 0 saturated carbocycles. The molecule has 0 spiro atoms. The van der Waals surface area contributed by atoms with E-state index in [2.05, 4.69) is 43.5 Å². The Morgan fingerprint density at radius 2 is 0.759 bits per heavy atom. The number of hydrogen-bond acceptors (Lipinski definition) is 18. The number of carbonyl (C=O) groups is 1. The highest BCUT2D eigenvalue weighted by Crippen LogP contribution is 2.33. The van der Waals surface area contributed by atoms with Crippen LogP contribution >= 0.6 is 0 Å². The van der Waals surface area contributed by atoms with Crippen molar-refractivity contribution in [2.75, 3.05) is 26.4 Å². The highest BCUT2D eigenvalue weighted by atomic mass is 16.8. The molecule has 0 bridgehead atoms. The van der Waals surface area contributed by atoms with Gasteiger partial charge in [-0.2, -0.15) is 0 Å². The van der Waals surface area contributed by atoms with Gasteiger partial charge >= 0.3 is 0 Å². The summed E-state index contributed by atoms with van der Waals surface area (Å²) in [5, 5.41) is 120. The van der Waals surface area contributed by atoms with Crippen LogP contribution in [0, 0.1) is 0 Å². The molecular weight excluding hydrogens is 1120 g/mol. The third-order valence-electron chi connectivity index (χ3n) is 17.8. The zero-order valence-electron chi connectivity index (χ0n) is 54.0. The van der Waals surface area contributed by atoms with Gasteiger partial charge in [-0.15, -0.1) is 0 Å². The second-order valence-corrected chi connectivity index (χ2v) is 25.3. The second-order valence-electron chi connectivity index (χ2n) is 25.3. The number of unbranched alkanes of at least 4 members (excludes halogenated alkanes) is 34. The predicted octanol–water partition coefficient (Wildman–Crippen LogP) is 9.05. The van der Waals surface area contributed by atoms with Crippen LogP contribution in [0.2, 0.25) is 0 Å². The van der Waals surface area contributed by atoms with Gasteiger partial charge in [0.1, 0.15) is 73.2 Å². The smallest absolute Gasteiger partial charge is 0.220 e. The molecule has 87 heavy (non-hydrogen) atoms. The van der Waals surface area contributed by atoms with E-state index in [9.17, 15) is 61.0 Å². The highest BCUT2D eigenvalue weighted by Gasteiger charge is 2.53. The molecule has 3 aliphatic rings. The van der Waals surface area contributed by atoms with Crippen LogP contribution in [0.3, 0.4) is 0 Å². The van der Waals surface area contributed by atoms with Gasteiger partial charge < -0.3 is 89.9 Å². The molecule has 3 aliphatic heterocycles. The molecule has 3 heterocycles. The van der Waals surface area contributed by atoms with Crippen LogP contribution in [0.4, 0.5) is 0 Å². The molecule has 0 aromatic heterocycles. The van der Waals surface area contributed by atoms with E-state index >= 15 is 0 Å². The van der Waals surface area contributed by atoms with E-state index in [-0.39, 0.29) is 18.9 Å². The Kier molecular flexibility index (Phi) is 46.4. The average molecular weight is 1250 g/mol. The number of amides is 1. The van der Waals surface area contributed by atoms with Crippen LogP contribution in [0.5, 0.6) is 0 Å². The molecule has 12 N–H and O–H groups in total. The summed E-state index contributed by atoms with van der Waals surface area (Å²) >= 11 is 0. The fourth-order valence-electron chi connectivity index (χ4n) is 12.1. The Labute approximate surface area is 524 Å². The molecule has 17 unspecified atom stereocenters. The molecule has 17 atom stereocenters. The fraction of sp³-hybridized carbons (Fsp3) is 0.926. The van der Waals surface area contributed by atoms with E-state index in [1.165, 1.54) is 186 Å². The third kappa shape index (κ3) is 33.1. The fourth-order valence-corrected chi connectivity index (χ4v) is 12.1. The lowest BCUT2D eigenvalue weighted by atomic mass is 9.96. The summed E-state index contributed by atoms with van der Waals surface area (Å²) in [5.74, 6) is -0.240. The maximum atomic E-state index is 13.4. The van der Waals surface area contributed by atoms with Crippen molar-refractivity contribution in [2.24, 2.45) is 0 Å². The van der Waals surface area contributed by atoms with Crippen LogP contribution in [-0.4, -0.2) is 193 Å². The molecule has 0 aromatic rings. The number of carbonyl (C=O) groups excluding carboxylic acids is 1. The maximum absolute atomic E-state index is 13.4. The molecule has 3 rings (SSSR count). The minimum Gasteiger partial charge on any atom is -0.394 e. The summed E-state index contributed by atoms with van der Waals surface area (Å²) < 4.78 is 34.4. The summed E-state index contributed by atoms with van der Waals surface area (Å²) in [7, 11) is 0. The minimum atomic E-state index is -1.97. The number of allylic oxidation sites excluding steroid dienone is 4. The zero-order valence-corrected chi connectivity index (χ0v) is 54.0. The molecule has 1 amide bonds. The lowest BCUT2D eigenvalue weighted by Gasteiger charge is -2.48. The van der Waals surface area contributed by atoms with Crippen molar-refractivity contribution in [3.63, 3.8) is 0 Å². The first-order valence-electron chi connectivity index (χ1n) is 35.1. The van der Waals surface area contributed by atoms with E-state index < -0.39 is 124 Å². The van der Waals surface area contributed by atoms with Crippen molar-refractivity contribution in [2.45, 2.75) is 375 Å². The van der Waals surface area contributed by atoms with Gasteiger partial charge in [0.05, 0.1) is 38.6 Å². The Bertz CT molecular complexity index is 1680. The molecule has 19 heteroatoms. The summed E-state index contributed by atoms with van der Waals surface area (Å²) in [6.45, 7) is 1.79. The van der Waals surface area contributed by atoms with E-state index in [4.69, 9.17) is 28.4 Å². The number of aliphatic hydroxyl groups excluding tert-OH is 11. The number of ether oxygens (including phenoxy) is 6. The molecule has 512 valence electrons. The van der Waals surface area contributed by atoms with Gasteiger partial charge in [-0.3, -0.25) is 4.79 Å². The lowest BCUT2D eigenvalue weighted by molar-refractivity contribution is -0.379. The Morgan fingerprint density at radius 1 is 0.414 bits per heavy atom. The topological polar surface area (TPSA) is 307 Å².